The smallest absolute Gasteiger partial charge is 0.251 e. The highest BCUT2D eigenvalue weighted by molar-refractivity contribution is 5.96. The molecule has 3 aromatic heterocycles. The van der Waals surface area contributed by atoms with E-state index in [9.17, 15) is 4.79 Å². The van der Waals surface area contributed by atoms with E-state index in [1.54, 1.807) is 0 Å². The Morgan fingerprint density at radius 1 is 0.446 bits per heavy atom. The van der Waals surface area contributed by atoms with E-state index in [0.717, 1.165) is 134 Å². The van der Waals surface area contributed by atoms with Crippen molar-refractivity contribution in [3.05, 3.63) is 152 Å². The van der Waals surface area contributed by atoms with E-state index < -0.39 is 0 Å². The Morgan fingerprint density at radius 3 is 1.29 bits per heavy atom. The Bertz CT molecular complexity index is 3590. The van der Waals surface area contributed by atoms with Crippen LogP contribution in [0.15, 0.2) is 146 Å². The van der Waals surface area contributed by atoms with Crippen molar-refractivity contribution in [1.82, 2.24) is 40.1 Å². The highest BCUT2D eigenvalue weighted by Crippen LogP contribution is 2.31. The van der Waals surface area contributed by atoms with Crippen molar-refractivity contribution in [2.45, 2.75) is 57.8 Å². The predicted molar refractivity (Wildman–Crippen MR) is 341 cm³/mol. The van der Waals surface area contributed by atoms with Gasteiger partial charge in [0.05, 0.1) is 64.9 Å². The average Bonchev–Trinajstić information content (AvgIpc) is 3.57. The van der Waals surface area contributed by atoms with E-state index in [-0.39, 0.29) is 5.91 Å². The van der Waals surface area contributed by atoms with Gasteiger partial charge in [0.15, 0.2) is 0 Å². The molecule has 6 aromatic carbocycles. The SMILES string of the molecule is CN(C)CCNC(=O)c1cccc(-c2ccc3ncc(N4CCCCC4)nc3c2)c1.CN(C)c1ccc(-c2ccc3ncc(N4CCCCC4)nc3c2)cc1.c1cc(N2CCOCC2)ccc1-c1ccc2ncc(N3CCCCC3)nc2c1. The number of carbonyl (C=O) groups is 1. The number of hydrogen-bond donors (Lipinski definition) is 1. The first-order valence-electron chi connectivity index (χ1n) is 30.0. The fourth-order valence-electron chi connectivity index (χ4n) is 11.3. The van der Waals surface area contributed by atoms with Gasteiger partial charge < -0.3 is 39.5 Å². The minimum Gasteiger partial charge on any atom is -0.378 e. The minimum absolute atomic E-state index is 0.0494. The van der Waals surface area contributed by atoms with Gasteiger partial charge in [0.25, 0.3) is 5.91 Å². The quantitative estimate of drug-likeness (QED) is 0.124. The summed E-state index contributed by atoms with van der Waals surface area (Å²) < 4.78 is 5.45. The number of fused-ring (bicyclic) bond motifs is 3. The molecule has 4 fully saturated rings. The fourth-order valence-corrected chi connectivity index (χ4v) is 11.3. The van der Waals surface area contributed by atoms with Crippen molar-refractivity contribution >= 4 is 67.8 Å². The summed E-state index contributed by atoms with van der Waals surface area (Å²) in [6.45, 7) is 11.4. The maximum Gasteiger partial charge on any atom is 0.251 e. The largest absolute Gasteiger partial charge is 0.378 e. The predicted octanol–water partition coefficient (Wildman–Crippen LogP) is 12.1. The van der Waals surface area contributed by atoms with Crippen molar-refractivity contribution in [2.24, 2.45) is 0 Å². The van der Waals surface area contributed by atoms with Gasteiger partial charge >= 0.3 is 0 Å². The van der Waals surface area contributed by atoms with E-state index in [1.807, 2.05) is 74.0 Å². The van der Waals surface area contributed by atoms with Gasteiger partial charge in [-0.15, -0.1) is 0 Å². The molecule has 4 saturated heterocycles. The Morgan fingerprint density at radius 2 is 0.855 bits per heavy atom. The lowest BCUT2D eigenvalue weighted by atomic mass is 10.0. The van der Waals surface area contributed by atoms with Crippen LogP contribution in [-0.4, -0.2) is 148 Å². The third-order valence-corrected chi connectivity index (χ3v) is 16.2. The summed E-state index contributed by atoms with van der Waals surface area (Å²) in [4.78, 5) is 54.6. The number of benzene rings is 6. The molecule has 0 radical (unpaired) electrons. The Labute approximate surface area is 489 Å². The number of aromatic nitrogens is 6. The molecule has 0 atom stereocenters. The summed E-state index contributed by atoms with van der Waals surface area (Å²) in [7, 11) is 8.10. The molecule has 0 unspecified atom stereocenters. The second-order valence-electron chi connectivity index (χ2n) is 22.7. The van der Waals surface area contributed by atoms with E-state index in [2.05, 4.69) is 150 Å². The van der Waals surface area contributed by atoms with Gasteiger partial charge in [0, 0.05) is 96.5 Å². The van der Waals surface area contributed by atoms with Gasteiger partial charge in [-0.25, -0.2) is 15.0 Å². The van der Waals surface area contributed by atoms with Crippen molar-refractivity contribution in [1.29, 1.82) is 0 Å². The van der Waals surface area contributed by atoms with Crippen molar-refractivity contribution in [3.63, 3.8) is 0 Å². The van der Waals surface area contributed by atoms with Crippen molar-refractivity contribution < 1.29 is 9.53 Å². The van der Waals surface area contributed by atoms with E-state index in [0.29, 0.717) is 12.1 Å². The number of nitrogens with zero attached hydrogens (tertiary/aromatic N) is 12. The molecule has 0 bridgehead atoms. The molecule has 83 heavy (non-hydrogen) atoms. The molecule has 4 aliphatic heterocycles. The molecular weight excluding hydrogens is 1030 g/mol. The van der Waals surface area contributed by atoms with E-state index in [4.69, 9.17) is 19.7 Å². The molecule has 9 aromatic rings. The number of hydrogen-bond acceptors (Lipinski definition) is 14. The van der Waals surface area contributed by atoms with Crippen LogP contribution in [0.2, 0.25) is 0 Å². The van der Waals surface area contributed by atoms with Crippen LogP contribution in [0.3, 0.4) is 0 Å². The van der Waals surface area contributed by atoms with E-state index in [1.165, 1.54) is 91.4 Å². The van der Waals surface area contributed by atoms with E-state index >= 15 is 0 Å². The summed E-state index contributed by atoms with van der Waals surface area (Å²) in [6.07, 6.45) is 17.1. The van der Waals surface area contributed by atoms with Crippen LogP contribution < -0.4 is 29.8 Å². The number of morpholine rings is 1. The molecule has 4 aliphatic rings. The van der Waals surface area contributed by atoms with Gasteiger partial charge in [-0.2, -0.15) is 0 Å². The molecule has 0 spiro atoms. The first-order valence-corrected chi connectivity index (χ1v) is 30.0. The van der Waals surface area contributed by atoms with Crippen LogP contribution in [0.4, 0.5) is 28.8 Å². The lowest BCUT2D eigenvalue weighted by Gasteiger charge is -2.29. The zero-order chi connectivity index (χ0) is 56.9. The molecule has 15 nitrogen and oxygen atoms in total. The molecule has 7 heterocycles. The summed E-state index contributed by atoms with van der Waals surface area (Å²) in [5.74, 6) is 2.92. The number of anilines is 5. The number of carbonyl (C=O) groups excluding carboxylic acids is 1. The van der Waals surface area contributed by atoms with Gasteiger partial charge in [-0.3, -0.25) is 19.7 Å². The number of amides is 1. The Balaban J connectivity index is 0.000000131. The Kier molecular flexibility index (Phi) is 18.5. The average molecular weight is 1110 g/mol. The lowest BCUT2D eigenvalue weighted by Crippen LogP contribution is -2.36. The van der Waals surface area contributed by atoms with Crippen LogP contribution >= 0.6 is 0 Å². The molecule has 15 heteroatoms. The number of likely N-dealkylation sites (N-methyl/N-ethyl adjacent to an activating group) is 1. The molecule has 0 aliphatic carbocycles. The minimum atomic E-state index is -0.0494. The standard InChI is InChI=1S/C24H29N5O.C23H26N4O.C21H24N4/c1-28(2)14-11-25-24(30)20-8-6-7-18(15-20)19-9-10-21-22(16-19)27-23(17-26-21)29-12-4-3-5-13-29;1-2-10-27(11-3-1)23-17-24-21-9-6-19(16-22(21)25-23)18-4-7-20(8-5-18)26-12-14-28-15-13-26;1-24(2)18-9-6-16(7-10-18)17-8-11-19-20(14-17)23-21(15-22-19)25-12-4-3-5-13-25/h6-10,15-17H,3-5,11-14H2,1-2H3,(H,25,30);4-9,16-17H,1-3,10-15H2;6-11,14-15H,3-5,12-13H2,1-2H3. The second kappa shape index (κ2) is 27.2. The van der Waals surface area contributed by atoms with Crippen LogP contribution in [0.5, 0.6) is 0 Å². The maximum atomic E-state index is 12.5. The molecule has 1 N–H and O–H groups in total. The first kappa shape index (κ1) is 56.6. The summed E-state index contributed by atoms with van der Waals surface area (Å²) in [6, 6.07) is 44.0. The molecule has 13 rings (SSSR count). The number of piperidine rings is 3. The van der Waals surface area contributed by atoms with Crippen LogP contribution in [0.1, 0.15) is 68.1 Å². The normalized spacial score (nSPS) is 15.6. The molecular formula is C68H79N13O2. The molecule has 1 amide bonds. The molecule has 428 valence electrons. The highest BCUT2D eigenvalue weighted by Gasteiger charge is 2.18. The van der Waals surface area contributed by atoms with Crippen LogP contribution in [0, 0.1) is 0 Å². The third-order valence-electron chi connectivity index (χ3n) is 16.2. The zero-order valence-electron chi connectivity index (χ0n) is 48.9. The lowest BCUT2D eigenvalue weighted by molar-refractivity contribution is 0.0951. The summed E-state index contributed by atoms with van der Waals surface area (Å²) >= 11 is 0. The summed E-state index contributed by atoms with van der Waals surface area (Å²) in [5.41, 5.74) is 15.6. The highest BCUT2D eigenvalue weighted by atomic mass is 16.5. The number of ether oxygens (including phenoxy) is 1. The second-order valence-corrected chi connectivity index (χ2v) is 22.7. The number of rotatable bonds is 12. The Hall–Kier alpha value is -8.27. The first-order chi connectivity index (χ1) is 40.7. The van der Waals surface area contributed by atoms with Crippen LogP contribution in [0.25, 0.3) is 66.5 Å². The summed E-state index contributed by atoms with van der Waals surface area (Å²) in [5, 5.41) is 2.97. The zero-order valence-corrected chi connectivity index (χ0v) is 48.9. The third kappa shape index (κ3) is 14.5. The monoisotopic (exact) mass is 1110 g/mol. The van der Waals surface area contributed by atoms with Gasteiger partial charge in [-0.05, 0) is 178 Å². The topological polar surface area (TPSA) is 135 Å². The van der Waals surface area contributed by atoms with Crippen LogP contribution in [-0.2, 0) is 4.74 Å². The number of nitrogens with one attached hydrogen (secondary N) is 1. The van der Waals surface area contributed by atoms with Gasteiger partial charge in [-0.1, -0.05) is 54.6 Å². The van der Waals surface area contributed by atoms with Gasteiger partial charge in [0.1, 0.15) is 17.5 Å². The van der Waals surface area contributed by atoms with Crippen molar-refractivity contribution in [2.75, 3.05) is 131 Å². The fraction of sp³-hybridized carbons (Fsp3) is 0.368. The maximum absolute atomic E-state index is 12.5. The molecule has 0 saturated carbocycles. The van der Waals surface area contributed by atoms with Crippen molar-refractivity contribution in [3.8, 4) is 33.4 Å². The van der Waals surface area contributed by atoms with Gasteiger partial charge in [0.2, 0.25) is 0 Å².